The summed E-state index contributed by atoms with van der Waals surface area (Å²) in [6, 6.07) is 10.9. The molecule has 5 rings (SSSR count). The Morgan fingerprint density at radius 3 is 2.74 bits per heavy atom. The monoisotopic (exact) mass is 525 g/mol. The number of thioether (sulfide) groups is 1. The second kappa shape index (κ2) is 10.2. The normalized spacial score (nSPS) is 16.8. The second-order valence-corrected chi connectivity index (χ2v) is 10.0. The Labute approximate surface area is 224 Å². The highest BCUT2D eigenvalue weighted by molar-refractivity contribution is 7.99. The van der Waals surface area contributed by atoms with Gasteiger partial charge < -0.3 is 16.0 Å². The highest BCUT2D eigenvalue weighted by Gasteiger charge is 2.48. The van der Waals surface area contributed by atoms with Gasteiger partial charge in [-0.25, -0.2) is 15.0 Å². The minimum Gasteiger partial charge on any atom is -0.382 e. The van der Waals surface area contributed by atoms with Gasteiger partial charge in [-0.3, -0.25) is 14.0 Å². The van der Waals surface area contributed by atoms with Gasteiger partial charge in [0.25, 0.3) is 11.8 Å². The molecule has 0 spiro atoms. The number of nitrogens with one attached hydrogen (secondary N) is 1. The van der Waals surface area contributed by atoms with Crippen LogP contribution in [0, 0.1) is 18.8 Å². The molecule has 10 heteroatoms. The molecular formula is C28H27N7O2S. The number of nitrogens with zero attached hydrogens (tertiary/aromatic N) is 5. The van der Waals surface area contributed by atoms with Crippen LogP contribution in [0.25, 0.3) is 16.8 Å². The fourth-order valence-corrected chi connectivity index (χ4v) is 6.06. The summed E-state index contributed by atoms with van der Waals surface area (Å²) in [5.41, 5.74) is 9.77. The lowest BCUT2D eigenvalue weighted by molar-refractivity contribution is -0.127. The van der Waals surface area contributed by atoms with Crippen LogP contribution in [0.15, 0.2) is 55.0 Å². The van der Waals surface area contributed by atoms with Gasteiger partial charge in [-0.1, -0.05) is 18.1 Å². The Balaban J connectivity index is 1.60. The zero-order valence-electron chi connectivity index (χ0n) is 21.4. The van der Waals surface area contributed by atoms with E-state index in [1.54, 1.807) is 54.2 Å². The zero-order chi connectivity index (χ0) is 26.9. The number of anilines is 2. The number of nitrogen functional groups attached to an aromatic ring is 1. The van der Waals surface area contributed by atoms with Gasteiger partial charge >= 0.3 is 0 Å². The van der Waals surface area contributed by atoms with Gasteiger partial charge in [0.1, 0.15) is 27.7 Å². The topological polar surface area (TPSA) is 119 Å². The molecule has 0 bridgehead atoms. The van der Waals surface area contributed by atoms with Crippen molar-refractivity contribution in [3.05, 3.63) is 71.9 Å². The third-order valence-corrected chi connectivity index (χ3v) is 8.01. The predicted octanol–water partition coefficient (Wildman–Crippen LogP) is 4.10. The third-order valence-electron chi connectivity index (χ3n) is 6.73. The fraction of sp³-hybridized carbons (Fsp3) is 0.250. The van der Waals surface area contributed by atoms with Crippen molar-refractivity contribution in [2.24, 2.45) is 0 Å². The Bertz CT molecular complexity index is 1610. The zero-order valence-corrected chi connectivity index (χ0v) is 22.2. The van der Waals surface area contributed by atoms with Crippen LogP contribution in [0.3, 0.4) is 0 Å². The van der Waals surface area contributed by atoms with Crippen molar-refractivity contribution in [2.45, 2.75) is 31.6 Å². The number of aromatic nitrogens is 4. The van der Waals surface area contributed by atoms with Crippen molar-refractivity contribution in [3.8, 4) is 23.1 Å². The third kappa shape index (κ3) is 4.25. The average molecular weight is 526 g/mol. The van der Waals surface area contributed by atoms with Gasteiger partial charge in [-0.05, 0) is 68.7 Å². The second-order valence-electron chi connectivity index (χ2n) is 8.94. The van der Waals surface area contributed by atoms with Crippen LogP contribution in [0.1, 0.15) is 41.5 Å². The Kier molecular flexibility index (Phi) is 6.78. The minimum atomic E-state index is -0.701. The molecule has 1 aromatic carbocycles. The molecule has 9 nitrogen and oxygen atoms in total. The van der Waals surface area contributed by atoms with E-state index in [-0.39, 0.29) is 11.8 Å². The SMILES string of the molecule is CC#CC(=O)N1CCC[C@@]1(SC)c1nc(-c2ccc(C(=O)Nc3ccccn3)c(C)c2)c2c(N)nccn12. The van der Waals surface area contributed by atoms with Crippen molar-refractivity contribution in [1.82, 2.24) is 24.3 Å². The van der Waals surface area contributed by atoms with E-state index >= 15 is 0 Å². The molecule has 38 heavy (non-hydrogen) atoms. The number of carbonyl (C=O) groups is 2. The average Bonchev–Trinajstić information content (AvgIpc) is 3.53. The number of fused-ring (bicyclic) bond motifs is 1. The first-order valence-electron chi connectivity index (χ1n) is 12.2. The molecule has 1 aliphatic heterocycles. The number of benzene rings is 1. The molecule has 0 aliphatic carbocycles. The number of hydrogen-bond acceptors (Lipinski definition) is 7. The standard InChI is InChI=1S/C28H27N7O2S/c1-4-8-22(36)35-15-7-12-28(35,38-3)27-33-23(24-25(29)31-14-16-34(24)27)19-10-11-20(18(2)17-19)26(37)32-21-9-5-6-13-30-21/h5-6,9-11,13-14,16-17H,7,12,15H2,1-3H3,(H2,29,31)(H,30,32,37)/t28-/m1/s1. The summed E-state index contributed by atoms with van der Waals surface area (Å²) < 4.78 is 1.93. The van der Waals surface area contributed by atoms with E-state index in [9.17, 15) is 9.59 Å². The van der Waals surface area contributed by atoms with Gasteiger partial charge in [0.2, 0.25) is 0 Å². The molecule has 0 unspecified atom stereocenters. The summed E-state index contributed by atoms with van der Waals surface area (Å²) in [7, 11) is 0. The largest absolute Gasteiger partial charge is 0.382 e. The number of nitrogens with two attached hydrogens (primary N) is 1. The van der Waals surface area contributed by atoms with Crippen LogP contribution in [0.2, 0.25) is 0 Å². The van der Waals surface area contributed by atoms with Gasteiger partial charge in [-0.15, -0.1) is 11.8 Å². The first-order valence-corrected chi connectivity index (χ1v) is 13.4. The molecule has 2 amide bonds. The van der Waals surface area contributed by atoms with Crippen molar-refractivity contribution in [2.75, 3.05) is 23.9 Å². The van der Waals surface area contributed by atoms with Crippen LogP contribution >= 0.6 is 11.8 Å². The van der Waals surface area contributed by atoms with E-state index in [4.69, 9.17) is 10.7 Å². The number of amides is 2. The van der Waals surface area contributed by atoms with E-state index in [0.29, 0.717) is 40.8 Å². The molecule has 0 radical (unpaired) electrons. The number of carbonyl (C=O) groups excluding carboxylic acids is 2. The molecular weight excluding hydrogens is 498 g/mol. The highest BCUT2D eigenvalue weighted by atomic mass is 32.2. The quantitative estimate of drug-likeness (QED) is 0.377. The summed E-state index contributed by atoms with van der Waals surface area (Å²) in [5.74, 6) is 6.46. The van der Waals surface area contributed by atoms with Crippen molar-refractivity contribution < 1.29 is 9.59 Å². The maximum Gasteiger partial charge on any atom is 0.299 e. The molecule has 3 aromatic heterocycles. The lowest BCUT2D eigenvalue weighted by Crippen LogP contribution is -2.43. The number of aryl methyl sites for hydroxylation is 1. The fourth-order valence-electron chi connectivity index (χ4n) is 5.00. The Morgan fingerprint density at radius 1 is 1.18 bits per heavy atom. The molecule has 1 atom stereocenters. The van der Waals surface area contributed by atoms with Crippen LogP contribution < -0.4 is 11.1 Å². The molecule has 4 aromatic rings. The van der Waals surface area contributed by atoms with Crippen LogP contribution in [0.5, 0.6) is 0 Å². The molecule has 1 aliphatic rings. The van der Waals surface area contributed by atoms with Crippen molar-refractivity contribution in [1.29, 1.82) is 0 Å². The first-order chi connectivity index (χ1) is 18.4. The molecule has 192 valence electrons. The number of likely N-dealkylation sites (tertiary alicyclic amines) is 1. The maximum absolute atomic E-state index is 13.0. The van der Waals surface area contributed by atoms with E-state index < -0.39 is 4.87 Å². The number of imidazole rings is 1. The summed E-state index contributed by atoms with van der Waals surface area (Å²) in [5, 5.41) is 2.83. The van der Waals surface area contributed by atoms with Gasteiger partial charge in [0.15, 0.2) is 5.82 Å². The molecule has 1 fully saturated rings. The van der Waals surface area contributed by atoms with E-state index in [1.165, 1.54) is 0 Å². The molecule has 3 N–H and O–H groups in total. The minimum absolute atomic E-state index is 0.223. The molecule has 0 saturated carbocycles. The first kappa shape index (κ1) is 25.3. The Hall–Kier alpha value is -4.36. The van der Waals surface area contributed by atoms with Crippen molar-refractivity contribution in [3.63, 3.8) is 0 Å². The summed E-state index contributed by atoms with van der Waals surface area (Å²) in [6.45, 7) is 4.13. The van der Waals surface area contributed by atoms with Crippen molar-refractivity contribution >= 4 is 40.7 Å². The lowest BCUT2D eigenvalue weighted by atomic mass is 10.0. The van der Waals surface area contributed by atoms with Crippen LogP contribution in [-0.2, 0) is 9.67 Å². The molecule has 1 saturated heterocycles. The smallest absolute Gasteiger partial charge is 0.299 e. The number of rotatable bonds is 5. The lowest BCUT2D eigenvalue weighted by Gasteiger charge is -2.34. The summed E-state index contributed by atoms with van der Waals surface area (Å²) >= 11 is 1.57. The maximum atomic E-state index is 13.0. The van der Waals surface area contributed by atoms with E-state index in [0.717, 1.165) is 24.0 Å². The highest BCUT2D eigenvalue weighted by Crippen LogP contribution is 2.48. The number of pyridine rings is 1. The van der Waals surface area contributed by atoms with Crippen LogP contribution in [-0.4, -0.2) is 48.9 Å². The van der Waals surface area contributed by atoms with Crippen LogP contribution in [0.4, 0.5) is 11.6 Å². The van der Waals surface area contributed by atoms with E-state index in [1.807, 2.05) is 42.0 Å². The summed E-state index contributed by atoms with van der Waals surface area (Å²) in [4.78, 5) is 40.6. The Morgan fingerprint density at radius 2 is 2.03 bits per heavy atom. The van der Waals surface area contributed by atoms with E-state index in [2.05, 4.69) is 27.1 Å². The molecule has 4 heterocycles. The van der Waals surface area contributed by atoms with Gasteiger partial charge in [0, 0.05) is 36.3 Å². The predicted molar refractivity (Wildman–Crippen MR) is 149 cm³/mol. The van der Waals surface area contributed by atoms with Gasteiger partial charge in [-0.2, -0.15) is 0 Å². The van der Waals surface area contributed by atoms with Gasteiger partial charge in [0.05, 0.1) is 0 Å². The summed E-state index contributed by atoms with van der Waals surface area (Å²) in [6.07, 6.45) is 8.63. The number of hydrogen-bond donors (Lipinski definition) is 2.